The Morgan fingerprint density at radius 1 is 1.25 bits per heavy atom. The number of hydrogen-bond donors (Lipinski definition) is 1. The van der Waals surface area contributed by atoms with Crippen molar-refractivity contribution in [2.45, 2.75) is 47.7 Å². The van der Waals surface area contributed by atoms with Crippen LogP contribution in [0.4, 0.5) is 0 Å². The molecule has 0 bridgehead atoms. The molecule has 1 N–H and O–H groups in total. The molecule has 20 heavy (non-hydrogen) atoms. The first kappa shape index (κ1) is 15.3. The fourth-order valence-electron chi connectivity index (χ4n) is 2.31. The standard InChI is InChI=1S/C16H25N3S/c1-11(2)8-17-9-16-7-15(14(5)20-16)10-19-13(4)6-12(3)18-19/h6-7,11,17H,8-10H2,1-5H3. The summed E-state index contributed by atoms with van der Waals surface area (Å²) in [6, 6.07) is 4.45. The Morgan fingerprint density at radius 3 is 2.60 bits per heavy atom. The zero-order valence-corrected chi connectivity index (χ0v) is 14.0. The highest BCUT2D eigenvalue weighted by Gasteiger charge is 2.08. The maximum atomic E-state index is 4.55. The van der Waals surface area contributed by atoms with Crippen LogP contribution >= 0.6 is 11.3 Å². The Hall–Kier alpha value is -1.13. The lowest BCUT2D eigenvalue weighted by molar-refractivity contribution is 0.554. The van der Waals surface area contributed by atoms with Gasteiger partial charge in [-0.05, 0) is 50.9 Å². The molecule has 2 heterocycles. The lowest BCUT2D eigenvalue weighted by Crippen LogP contribution is -2.18. The molecule has 0 atom stereocenters. The summed E-state index contributed by atoms with van der Waals surface area (Å²) in [6.45, 7) is 13.8. The van der Waals surface area contributed by atoms with Crippen LogP contribution in [0.2, 0.25) is 0 Å². The number of thiophene rings is 1. The van der Waals surface area contributed by atoms with Crippen LogP contribution in [0.5, 0.6) is 0 Å². The Balaban J connectivity index is 2.02. The third-order valence-corrected chi connectivity index (χ3v) is 4.44. The summed E-state index contributed by atoms with van der Waals surface area (Å²) in [5.74, 6) is 0.699. The molecule has 0 aliphatic heterocycles. The molecular weight excluding hydrogens is 266 g/mol. The minimum absolute atomic E-state index is 0.699. The lowest BCUT2D eigenvalue weighted by Gasteiger charge is -2.05. The van der Waals surface area contributed by atoms with Gasteiger partial charge < -0.3 is 5.32 Å². The van der Waals surface area contributed by atoms with Gasteiger partial charge in [-0.25, -0.2) is 0 Å². The summed E-state index contributed by atoms with van der Waals surface area (Å²) in [5.41, 5.74) is 3.71. The van der Waals surface area contributed by atoms with Gasteiger partial charge in [0, 0.05) is 22.0 Å². The second-order valence-corrected chi connectivity index (χ2v) is 7.24. The van der Waals surface area contributed by atoms with Crippen molar-refractivity contribution in [3.63, 3.8) is 0 Å². The molecule has 2 aromatic rings. The van der Waals surface area contributed by atoms with E-state index >= 15 is 0 Å². The van der Waals surface area contributed by atoms with Gasteiger partial charge in [-0.2, -0.15) is 5.10 Å². The van der Waals surface area contributed by atoms with E-state index < -0.39 is 0 Å². The molecule has 110 valence electrons. The largest absolute Gasteiger partial charge is 0.312 e. The van der Waals surface area contributed by atoms with Crippen molar-refractivity contribution in [3.8, 4) is 0 Å². The molecule has 2 aromatic heterocycles. The highest BCUT2D eigenvalue weighted by Crippen LogP contribution is 2.23. The first-order chi connectivity index (χ1) is 9.45. The third kappa shape index (κ3) is 3.93. The molecule has 0 fully saturated rings. The molecule has 0 radical (unpaired) electrons. The van der Waals surface area contributed by atoms with E-state index in [9.17, 15) is 0 Å². The number of hydrogen-bond acceptors (Lipinski definition) is 3. The van der Waals surface area contributed by atoms with Gasteiger partial charge in [0.1, 0.15) is 0 Å². The van der Waals surface area contributed by atoms with Gasteiger partial charge in [-0.3, -0.25) is 4.68 Å². The molecule has 4 heteroatoms. The second kappa shape index (κ2) is 6.55. The summed E-state index contributed by atoms with van der Waals surface area (Å²) >= 11 is 1.89. The van der Waals surface area contributed by atoms with Crippen molar-refractivity contribution >= 4 is 11.3 Å². The van der Waals surface area contributed by atoms with Crippen LogP contribution in [0.1, 0.15) is 40.6 Å². The van der Waals surface area contributed by atoms with Crippen molar-refractivity contribution in [3.05, 3.63) is 38.8 Å². The second-order valence-electron chi connectivity index (χ2n) is 5.90. The average Bonchev–Trinajstić information content (AvgIpc) is 2.83. The van der Waals surface area contributed by atoms with Crippen molar-refractivity contribution in [1.82, 2.24) is 15.1 Å². The molecule has 2 rings (SSSR count). The van der Waals surface area contributed by atoms with Gasteiger partial charge >= 0.3 is 0 Å². The number of rotatable bonds is 6. The molecular formula is C16H25N3S. The summed E-state index contributed by atoms with van der Waals surface area (Å²) < 4.78 is 2.09. The van der Waals surface area contributed by atoms with E-state index in [0.29, 0.717) is 5.92 Å². The van der Waals surface area contributed by atoms with E-state index in [1.54, 1.807) is 0 Å². The number of nitrogens with one attached hydrogen (secondary N) is 1. The summed E-state index contributed by atoms with van der Waals surface area (Å²) in [4.78, 5) is 2.82. The van der Waals surface area contributed by atoms with Crippen LogP contribution in [0, 0.1) is 26.7 Å². The van der Waals surface area contributed by atoms with E-state index in [1.807, 2.05) is 18.3 Å². The van der Waals surface area contributed by atoms with Crippen molar-refractivity contribution in [2.75, 3.05) is 6.54 Å². The maximum Gasteiger partial charge on any atom is 0.0673 e. The first-order valence-electron chi connectivity index (χ1n) is 7.25. The molecule has 0 amide bonds. The van der Waals surface area contributed by atoms with Gasteiger partial charge in [0.25, 0.3) is 0 Å². The monoisotopic (exact) mass is 291 g/mol. The number of nitrogens with zero attached hydrogens (tertiary/aromatic N) is 2. The predicted octanol–water partition coefficient (Wildman–Crippen LogP) is 3.66. The van der Waals surface area contributed by atoms with Crippen LogP contribution in [0.3, 0.4) is 0 Å². The zero-order chi connectivity index (χ0) is 14.7. The highest BCUT2D eigenvalue weighted by molar-refractivity contribution is 7.12. The Labute approximate surface area is 126 Å². The SMILES string of the molecule is Cc1cc(C)n(Cc2cc(CNCC(C)C)sc2C)n1. The van der Waals surface area contributed by atoms with E-state index in [-0.39, 0.29) is 0 Å². The Bertz CT molecular complexity index is 566. The van der Waals surface area contributed by atoms with E-state index in [4.69, 9.17) is 0 Å². The van der Waals surface area contributed by atoms with Crippen LogP contribution in [-0.4, -0.2) is 16.3 Å². The van der Waals surface area contributed by atoms with Gasteiger partial charge in [-0.1, -0.05) is 13.8 Å². The minimum atomic E-state index is 0.699. The van der Waals surface area contributed by atoms with Crippen LogP contribution < -0.4 is 5.32 Å². The molecule has 0 saturated carbocycles. The summed E-state index contributed by atoms with van der Waals surface area (Å²) in [6.07, 6.45) is 0. The number of aryl methyl sites for hydroxylation is 3. The quantitative estimate of drug-likeness (QED) is 0.880. The summed E-state index contributed by atoms with van der Waals surface area (Å²) in [5, 5.41) is 8.06. The predicted molar refractivity (Wildman–Crippen MR) is 86.4 cm³/mol. The normalized spacial score (nSPS) is 11.5. The minimum Gasteiger partial charge on any atom is -0.312 e. The Morgan fingerprint density at radius 2 is 2.00 bits per heavy atom. The lowest BCUT2D eigenvalue weighted by atomic mass is 10.2. The average molecular weight is 291 g/mol. The molecule has 0 spiro atoms. The van der Waals surface area contributed by atoms with E-state index in [0.717, 1.165) is 25.3 Å². The van der Waals surface area contributed by atoms with Crippen LogP contribution in [0.25, 0.3) is 0 Å². The summed E-state index contributed by atoms with van der Waals surface area (Å²) in [7, 11) is 0. The first-order valence-corrected chi connectivity index (χ1v) is 8.07. The molecule has 0 saturated heterocycles. The van der Waals surface area contributed by atoms with Crippen molar-refractivity contribution in [2.24, 2.45) is 5.92 Å². The van der Waals surface area contributed by atoms with E-state index in [1.165, 1.54) is 21.0 Å². The topological polar surface area (TPSA) is 29.9 Å². The zero-order valence-electron chi connectivity index (χ0n) is 13.2. The maximum absolute atomic E-state index is 4.55. The van der Waals surface area contributed by atoms with Crippen LogP contribution in [-0.2, 0) is 13.1 Å². The van der Waals surface area contributed by atoms with Crippen LogP contribution in [0.15, 0.2) is 12.1 Å². The molecule has 0 aliphatic carbocycles. The van der Waals surface area contributed by atoms with Gasteiger partial charge in [0.05, 0.1) is 12.2 Å². The van der Waals surface area contributed by atoms with E-state index in [2.05, 4.69) is 54.9 Å². The van der Waals surface area contributed by atoms with Gasteiger partial charge in [0.15, 0.2) is 0 Å². The number of aromatic nitrogens is 2. The molecule has 3 nitrogen and oxygen atoms in total. The fourth-order valence-corrected chi connectivity index (χ4v) is 3.34. The highest BCUT2D eigenvalue weighted by atomic mass is 32.1. The Kier molecular flexibility index (Phi) is 5.00. The van der Waals surface area contributed by atoms with Gasteiger partial charge in [0.2, 0.25) is 0 Å². The molecule has 0 aliphatic rings. The third-order valence-electron chi connectivity index (χ3n) is 3.35. The molecule has 0 unspecified atom stereocenters. The smallest absolute Gasteiger partial charge is 0.0673 e. The molecule has 0 aromatic carbocycles. The van der Waals surface area contributed by atoms with Crippen molar-refractivity contribution < 1.29 is 0 Å². The van der Waals surface area contributed by atoms with Gasteiger partial charge in [-0.15, -0.1) is 11.3 Å². The fraction of sp³-hybridized carbons (Fsp3) is 0.562. The van der Waals surface area contributed by atoms with Crippen molar-refractivity contribution in [1.29, 1.82) is 0 Å².